The second-order valence-corrected chi connectivity index (χ2v) is 15.8. The number of primary amides is 1. The van der Waals surface area contributed by atoms with Gasteiger partial charge in [0.2, 0.25) is 29.6 Å². The zero-order chi connectivity index (χ0) is 44.7. The second-order valence-electron chi connectivity index (χ2n) is 14.2. The average molecular weight is 891 g/mol. The fourth-order valence-electron chi connectivity index (χ4n) is 6.00. The maximum absolute atomic E-state index is 12.9. The van der Waals surface area contributed by atoms with Crippen LogP contribution in [-0.2, 0) is 49.3 Å². The van der Waals surface area contributed by atoms with E-state index in [4.69, 9.17) is 38.9 Å². The first-order valence-corrected chi connectivity index (χ1v) is 22.0. The van der Waals surface area contributed by atoms with E-state index in [1.807, 2.05) is 6.92 Å². The molecule has 344 valence electrons. The van der Waals surface area contributed by atoms with E-state index in [1.54, 1.807) is 29.4 Å². The van der Waals surface area contributed by atoms with E-state index < -0.39 is 11.8 Å². The number of nitrogens with two attached hydrogens (primary N) is 1. The van der Waals surface area contributed by atoms with Gasteiger partial charge in [0.15, 0.2) is 0 Å². The minimum atomic E-state index is -0.656. The Kier molecular flexibility index (Phi) is 22.1. The van der Waals surface area contributed by atoms with Crippen molar-refractivity contribution >= 4 is 58.3 Å². The van der Waals surface area contributed by atoms with E-state index in [2.05, 4.69) is 39.5 Å². The minimum Gasteiger partial charge on any atom is -0.491 e. The van der Waals surface area contributed by atoms with Gasteiger partial charge in [0.1, 0.15) is 17.0 Å². The summed E-state index contributed by atoms with van der Waals surface area (Å²) >= 11 is 1.57. The molecule has 1 aliphatic heterocycles. The van der Waals surface area contributed by atoms with Crippen molar-refractivity contribution in [1.82, 2.24) is 30.0 Å². The van der Waals surface area contributed by atoms with Gasteiger partial charge in [-0.1, -0.05) is 13.8 Å². The molecule has 1 aromatic carbocycles. The zero-order valence-electron chi connectivity index (χ0n) is 36.2. The molecule has 2 aromatic heterocycles. The summed E-state index contributed by atoms with van der Waals surface area (Å²) < 4.78 is 40.5. The summed E-state index contributed by atoms with van der Waals surface area (Å²) in [5.41, 5.74) is 7.68. The maximum atomic E-state index is 12.9. The number of carbonyl (C=O) groups is 5. The number of imidazole rings is 1. The quantitative estimate of drug-likeness (QED) is 0.0507. The van der Waals surface area contributed by atoms with Gasteiger partial charge in [0.25, 0.3) is 5.91 Å². The number of ether oxygens (including phenoxy) is 7. The number of benzene rings is 1. The van der Waals surface area contributed by atoms with E-state index in [9.17, 15) is 24.0 Å². The number of anilines is 1. The molecule has 0 bridgehead atoms. The molecule has 2 atom stereocenters. The number of fused-ring (bicyclic) bond motifs is 1. The number of hydrogen-bond acceptors (Lipinski definition) is 15. The molecule has 2 unspecified atom stereocenters. The predicted molar refractivity (Wildman–Crippen MR) is 230 cm³/mol. The summed E-state index contributed by atoms with van der Waals surface area (Å²) in [6.07, 6.45) is 1.89. The Labute approximate surface area is 365 Å². The number of thioether (sulfide) groups is 1. The van der Waals surface area contributed by atoms with Crippen LogP contribution in [0, 0.1) is 6.92 Å². The molecule has 21 heteroatoms. The van der Waals surface area contributed by atoms with Gasteiger partial charge >= 0.3 is 0 Å². The summed E-state index contributed by atoms with van der Waals surface area (Å²) in [5, 5.41) is 9.92. The largest absolute Gasteiger partial charge is 0.491 e. The summed E-state index contributed by atoms with van der Waals surface area (Å²) in [5.74, 6) is -0.967. The topological polar surface area (TPSA) is 250 Å². The molecule has 1 aliphatic rings. The fraction of sp³-hybridized carbons (Fsp3) is 0.634. The van der Waals surface area contributed by atoms with Crippen molar-refractivity contribution in [3.8, 4) is 5.75 Å². The summed E-state index contributed by atoms with van der Waals surface area (Å²) in [4.78, 5) is 70.6. The van der Waals surface area contributed by atoms with Crippen LogP contribution in [0.2, 0.25) is 0 Å². The average Bonchev–Trinajstić information content (AvgIpc) is 3.92. The van der Waals surface area contributed by atoms with Crippen LogP contribution >= 0.6 is 11.8 Å². The van der Waals surface area contributed by atoms with Crippen LogP contribution < -0.4 is 21.1 Å². The van der Waals surface area contributed by atoms with Gasteiger partial charge in [-0.2, -0.15) is 5.10 Å². The molecule has 4 rings (SSSR count). The number of nitrogens with one attached hydrogen (secondary N) is 3. The standard InChI is InChI=1S/C41H62N8O12S/c1-5-29(4)62-34-27-36(51)48(40(34)54)10-13-56-15-17-58-19-21-60-23-22-59-20-18-57-16-14-55-12-8-35(50)43-9-7-11-61-33-26-30(38(42)52)25-31-37(33)45-41(44-31)46-39(53)32-24-28(3)47-49(32)6-2/h24-26,29,34H,5-23,27H2,1-4H3,(H2,42,52)(H,43,50)(H2,44,45,46,53). The first kappa shape index (κ1) is 50.0. The predicted octanol–water partition coefficient (Wildman–Crippen LogP) is 2.47. The lowest BCUT2D eigenvalue weighted by Gasteiger charge is -2.16. The molecule has 3 heterocycles. The highest BCUT2D eigenvalue weighted by atomic mass is 32.2. The van der Waals surface area contributed by atoms with Crippen molar-refractivity contribution < 1.29 is 57.1 Å². The number of carbonyl (C=O) groups excluding carboxylic acids is 5. The first-order chi connectivity index (χ1) is 30.0. The number of hydrogen-bond donors (Lipinski definition) is 4. The lowest BCUT2D eigenvalue weighted by molar-refractivity contribution is -0.139. The number of likely N-dealkylation sites (tertiary alicyclic amines) is 1. The molecule has 1 fully saturated rings. The van der Waals surface area contributed by atoms with E-state index in [-0.39, 0.29) is 73.7 Å². The molecule has 20 nitrogen and oxygen atoms in total. The van der Waals surface area contributed by atoms with Gasteiger partial charge in [0, 0.05) is 36.7 Å². The second kappa shape index (κ2) is 27.4. The summed E-state index contributed by atoms with van der Waals surface area (Å²) in [6.45, 7) is 13.6. The summed E-state index contributed by atoms with van der Waals surface area (Å²) in [7, 11) is 0. The van der Waals surface area contributed by atoms with Crippen molar-refractivity contribution in [2.45, 2.75) is 70.4 Å². The van der Waals surface area contributed by atoms with Crippen molar-refractivity contribution in [3.05, 3.63) is 35.2 Å². The molecule has 5 N–H and O–H groups in total. The molecule has 0 saturated carbocycles. The maximum Gasteiger partial charge on any atom is 0.276 e. The van der Waals surface area contributed by atoms with Crippen molar-refractivity contribution in [3.63, 3.8) is 0 Å². The van der Waals surface area contributed by atoms with E-state index in [0.717, 1.165) is 6.42 Å². The van der Waals surface area contributed by atoms with Crippen molar-refractivity contribution in [2.24, 2.45) is 5.73 Å². The van der Waals surface area contributed by atoms with Crippen molar-refractivity contribution in [1.29, 1.82) is 0 Å². The number of aromatic nitrogens is 4. The number of aromatic amines is 1. The Morgan fingerprint density at radius 2 is 1.50 bits per heavy atom. The van der Waals surface area contributed by atoms with Crippen LogP contribution in [0.25, 0.3) is 11.0 Å². The number of imide groups is 1. The number of amides is 5. The number of H-pyrrole nitrogens is 1. The third kappa shape index (κ3) is 16.9. The Bertz CT molecular complexity index is 1890. The van der Waals surface area contributed by atoms with E-state index in [1.165, 1.54) is 17.0 Å². The highest BCUT2D eigenvalue weighted by Gasteiger charge is 2.39. The molecule has 0 radical (unpaired) electrons. The van der Waals surface area contributed by atoms with Gasteiger partial charge in [-0.15, -0.1) is 11.8 Å². The zero-order valence-corrected chi connectivity index (χ0v) is 37.0. The molecule has 0 aliphatic carbocycles. The van der Waals surface area contributed by atoms with Crippen LogP contribution in [0.5, 0.6) is 5.75 Å². The molecule has 1 saturated heterocycles. The van der Waals surface area contributed by atoms with Crippen LogP contribution in [0.3, 0.4) is 0 Å². The third-order valence-corrected chi connectivity index (χ3v) is 10.9. The Morgan fingerprint density at radius 1 is 0.887 bits per heavy atom. The molecule has 62 heavy (non-hydrogen) atoms. The van der Waals surface area contributed by atoms with Crippen LogP contribution in [0.1, 0.15) is 73.0 Å². The molecular weight excluding hydrogens is 829 g/mol. The lowest BCUT2D eigenvalue weighted by atomic mass is 10.2. The van der Waals surface area contributed by atoms with Gasteiger partial charge < -0.3 is 49.2 Å². The van der Waals surface area contributed by atoms with Crippen LogP contribution in [0.4, 0.5) is 5.95 Å². The van der Waals surface area contributed by atoms with Crippen LogP contribution in [-0.4, -0.2) is 164 Å². The molecular formula is C41H62N8O12S. The molecule has 5 amide bonds. The third-order valence-electron chi connectivity index (χ3n) is 9.38. The van der Waals surface area contributed by atoms with Gasteiger partial charge in [-0.25, -0.2) is 4.98 Å². The molecule has 3 aromatic rings. The first-order valence-electron chi connectivity index (χ1n) is 21.1. The normalized spacial score (nSPS) is 14.5. The number of rotatable bonds is 33. The van der Waals surface area contributed by atoms with E-state index >= 15 is 0 Å². The summed E-state index contributed by atoms with van der Waals surface area (Å²) in [6, 6.07) is 4.70. The van der Waals surface area contributed by atoms with E-state index in [0.29, 0.717) is 119 Å². The highest BCUT2D eigenvalue weighted by Crippen LogP contribution is 2.30. The Balaban J connectivity index is 0.930. The smallest absolute Gasteiger partial charge is 0.276 e. The number of nitrogens with zero attached hydrogens (tertiary/aromatic N) is 4. The Morgan fingerprint density at radius 3 is 2.10 bits per heavy atom. The number of aryl methyl sites for hydroxylation is 2. The lowest BCUT2D eigenvalue weighted by Crippen LogP contribution is -2.34. The fourth-order valence-corrected chi connectivity index (χ4v) is 7.24. The SMILES string of the molecule is CCC(C)SC1CC(=O)N(CCOCCOCCOCCOCCOCCOCCC(=O)NCCCOc2cc(C(N)=O)cc3nc(NC(=O)c4cc(C)nn4CC)[nH]c23)C1=O. The van der Waals surface area contributed by atoms with Crippen molar-refractivity contribution in [2.75, 3.05) is 104 Å². The minimum absolute atomic E-state index is 0.116. The van der Waals surface area contributed by atoms with Crippen LogP contribution in [0.15, 0.2) is 18.2 Å². The van der Waals surface area contributed by atoms with Gasteiger partial charge in [-0.05, 0) is 44.9 Å². The van der Waals surface area contributed by atoms with Gasteiger partial charge in [0.05, 0.1) is 109 Å². The Hall–Kier alpha value is -4.64. The highest BCUT2D eigenvalue weighted by molar-refractivity contribution is 8.01. The monoisotopic (exact) mass is 890 g/mol. The molecule has 0 spiro atoms. The van der Waals surface area contributed by atoms with Gasteiger partial charge in [-0.3, -0.25) is 38.9 Å².